The molecule has 0 fully saturated rings. The molecular formula is C18H34O. The average Bonchev–Trinajstić information content (AvgIpc) is 2.43. The molecule has 0 rings (SSSR count). The summed E-state index contributed by atoms with van der Waals surface area (Å²) in [7, 11) is 0. The van der Waals surface area contributed by atoms with E-state index < -0.39 is 0 Å². The molecule has 0 aliphatic heterocycles. The number of aliphatic hydroxyl groups excluding tert-OH is 1. The Morgan fingerprint density at radius 1 is 0.579 bits per heavy atom. The van der Waals surface area contributed by atoms with E-state index in [-0.39, 0.29) is 0 Å². The maximum Gasteiger partial charge on any atom is 0.0431 e. The summed E-state index contributed by atoms with van der Waals surface area (Å²) in [6.07, 6.45) is 23.2. The van der Waals surface area contributed by atoms with Crippen LogP contribution in [0, 0.1) is 0 Å². The highest BCUT2D eigenvalue weighted by Gasteiger charge is 1.90. The van der Waals surface area contributed by atoms with Crippen molar-refractivity contribution in [2.45, 2.75) is 83.5 Å². The summed E-state index contributed by atoms with van der Waals surface area (Å²) < 4.78 is 0. The van der Waals surface area contributed by atoms with Gasteiger partial charge in [0.05, 0.1) is 0 Å². The summed E-state index contributed by atoms with van der Waals surface area (Å²) >= 11 is 0. The van der Waals surface area contributed by atoms with E-state index in [2.05, 4.69) is 18.7 Å². The molecule has 1 heteroatoms. The van der Waals surface area contributed by atoms with Crippen molar-refractivity contribution in [1.29, 1.82) is 0 Å². The molecule has 0 aromatic heterocycles. The van der Waals surface area contributed by atoms with E-state index in [0.29, 0.717) is 6.61 Å². The number of hydrogen-bond donors (Lipinski definition) is 1. The third kappa shape index (κ3) is 17.4. The number of allylic oxidation sites excluding steroid dienone is 3. The summed E-state index contributed by atoms with van der Waals surface area (Å²) in [5, 5.41) is 8.66. The molecule has 1 nitrogen and oxygen atoms in total. The third-order valence-electron chi connectivity index (χ3n) is 3.47. The topological polar surface area (TPSA) is 20.2 Å². The first-order chi connectivity index (χ1) is 9.41. The summed E-state index contributed by atoms with van der Waals surface area (Å²) in [6.45, 7) is 4.10. The smallest absolute Gasteiger partial charge is 0.0431 e. The standard InChI is InChI=1S/C18H34O/c1-2-3-4-5-6-7-8-9-10-11-12-13-14-15-16-17-18-19/h2,9-10,19H,1,3-8,11-18H2/b10-9+. The monoisotopic (exact) mass is 266 g/mol. The fourth-order valence-corrected chi connectivity index (χ4v) is 2.22. The van der Waals surface area contributed by atoms with Gasteiger partial charge in [-0.15, -0.1) is 6.58 Å². The van der Waals surface area contributed by atoms with Gasteiger partial charge in [0.15, 0.2) is 0 Å². The van der Waals surface area contributed by atoms with E-state index >= 15 is 0 Å². The highest BCUT2D eigenvalue weighted by molar-refractivity contribution is 4.81. The SMILES string of the molecule is C=CCCCCCC/C=C/CCCCCCCCO. The van der Waals surface area contributed by atoms with Crippen molar-refractivity contribution in [3.63, 3.8) is 0 Å². The Balaban J connectivity index is 3.03. The van der Waals surface area contributed by atoms with Gasteiger partial charge in [0.1, 0.15) is 0 Å². The minimum atomic E-state index is 0.357. The molecule has 112 valence electrons. The Bertz CT molecular complexity index is 196. The maximum absolute atomic E-state index is 8.66. The first kappa shape index (κ1) is 18.4. The Kier molecular flexibility index (Phi) is 16.9. The number of aliphatic hydroxyl groups is 1. The van der Waals surface area contributed by atoms with Crippen LogP contribution in [0.15, 0.2) is 24.8 Å². The fourth-order valence-electron chi connectivity index (χ4n) is 2.22. The van der Waals surface area contributed by atoms with Gasteiger partial charge in [0.2, 0.25) is 0 Å². The van der Waals surface area contributed by atoms with Crippen LogP contribution in [0.3, 0.4) is 0 Å². The largest absolute Gasteiger partial charge is 0.396 e. The Hall–Kier alpha value is -0.560. The minimum Gasteiger partial charge on any atom is -0.396 e. The van der Waals surface area contributed by atoms with Crippen molar-refractivity contribution in [2.75, 3.05) is 6.61 Å². The predicted molar refractivity (Wildman–Crippen MR) is 86.4 cm³/mol. The van der Waals surface area contributed by atoms with Crippen LogP contribution in [0.2, 0.25) is 0 Å². The van der Waals surface area contributed by atoms with Gasteiger partial charge in [0.25, 0.3) is 0 Å². The normalized spacial score (nSPS) is 11.2. The van der Waals surface area contributed by atoms with E-state index in [0.717, 1.165) is 6.42 Å². The van der Waals surface area contributed by atoms with Crippen LogP contribution in [-0.2, 0) is 0 Å². The molecule has 0 heterocycles. The molecule has 0 saturated heterocycles. The molecule has 0 aliphatic rings. The molecule has 0 saturated carbocycles. The van der Waals surface area contributed by atoms with Gasteiger partial charge in [-0.25, -0.2) is 0 Å². The number of unbranched alkanes of at least 4 members (excludes halogenated alkanes) is 11. The van der Waals surface area contributed by atoms with Crippen molar-refractivity contribution in [2.24, 2.45) is 0 Å². The van der Waals surface area contributed by atoms with Gasteiger partial charge in [-0.05, 0) is 44.9 Å². The predicted octanol–water partition coefficient (Wildman–Crippen LogP) is 5.79. The second kappa shape index (κ2) is 17.4. The van der Waals surface area contributed by atoms with Gasteiger partial charge < -0.3 is 5.11 Å². The number of rotatable bonds is 15. The molecule has 0 bridgehead atoms. The molecule has 1 N–H and O–H groups in total. The Morgan fingerprint density at radius 2 is 1.00 bits per heavy atom. The van der Waals surface area contributed by atoms with Crippen LogP contribution in [0.25, 0.3) is 0 Å². The molecular weight excluding hydrogens is 232 g/mol. The zero-order valence-corrected chi connectivity index (χ0v) is 12.8. The van der Waals surface area contributed by atoms with E-state index in [1.807, 2.05) is 6.08 Å². The molecule has 0 aliphatic carbocycles. The molecule has 0 aromatic rings. The van der Waals surface area contributed by atoms with Crippen LogP contribution in [0.4, 0.5) is 0 Å². The summed E-state index contributed by atoms with van der Waals surface area (Å²) in [6, 6.07) is 0. The lowest BCUT2D eigenvalue weighted by Gasteiger charge is -1.99. The van der Waals surface area contributed by atoms with Crippen LogP contribution < -0.4 is 0 Å². The first-order valence-corrected chi connectivity index (χ1v) is 8.28. The zero-order valence-electron chi connectivity index (χ0n) is 12.8. The van der Waals surface area contributed by atoms with Gasteiger partial charge in [0, 0.05) is 6.61 Å². The highest BCUT2D eigenvalue weighted by atomic mass is 16.2. The van der Waals surface area contributed by atoms with E-state index in [1.54, 1.807) is 0 Å². The summed E-state index contributed by atoms with van der Waals surface area (Å²) in [5.74, 6) is 0. The van der Waals surface area contributed by atoms with Crippen LogP contribution in [0.1, 0.15) is 83.5 Å². The first-order valence-electron chi connectivity index (χ1n) is 8.28. The van der Waals surface area contributed by atoms with Crippen LogP contribution >= 0.6 is 0 Å². The molecule has 0 amide bonds. The van der Waals surface area contributed by atoms with Crippen molar-refractivity contribution >= 4 is 0 Å². The minimum absolute atomic E-state index is 0.357. The van der Waals surface area contributed by atoms with Crippen LogP contribution in [0.5, 0.6) is 0 Å². The van der Waals surface area contributed by atoms with E-state index in [4.69, 9.17) is 5.11 Å². The lowest BCUT2D eigenvalue weighted by molar-refractivity contribution is 0.282. The van der Waals surface area contributed by atoms with Crippen molar-refractivity contribution in [3.8, 4) is 0 Å². The van der Waals surface area contributed by atoms with E-state index in [1.165, 1.54) is 77.0 Å². The van der Waals surface area contributed by atoms with Gasteiger partial charge >= 0.3 is 0 Å². The molecule has 0 atom stereocenters. The molecule has 0 radical (unpaired) electrons. The third-order valence-corrected chi connectivity index (χ3v) is 3.47. The molecule has 0 unspecified atom stereocenters. The lowest BCUT2D eigenvalue weighted by atomic mass is 10.1. The quantitative estimate of drug-likeness (QED) is 0.294. The Morgan fingerprint density at radius 3 is 1.47 bits per heavy atom. The molecule has 0 spiro atoms. The van der Waals surface area contributed by atoms with Crippen LogP contribution in [-0.4, -0.2) is 11.7 Å². The van der Waals surface area contributed by atoms with Crippen molar-refractivity contribution in [1.82, 2.24) is 0 Å². The van der Waals surface area contributed by atoms with Gasteiger partial charge in [-0.3, -0.25) is 0 Å². The maximum atomic E-state index is 8.66. The fraction of sp³-hybridized carbons (Fsp3) is 0.778. The summed E-state index contributed by atoms with van der Waals surface area (Å²) in [5.41, 5.74) is 0. The Labute approximate surface area is 120 Å². The summed E-state index contributed by atoms with van der Waals surface area (Å²) in [4.78, 5) is 0. The lowest BCUT2D eigenvalue weighted by Crippen LogP contribution is -1.83. The number of hydrogen-bond acceptors (Lipinski definition) is 1. The molecule has 19 heavy (non-hydrogen) atoms. The average molecular weight is 266 g/mol. The van der Waals surface area contributed by atoms with E-state index in [9.17, 15) is 0 Å². The van der Waals surface area contributed by atoms with Gasteiger partial charge in [-0.1, -0.05) is 56.8 Å². The highest BCUT2D eigenvalue weighted by Crippen LogP contribution is 2.09. The van der Waals surface area contributed by atoms with Gasteiger partial charge in [-0.2, -0.15) is 0 Å². The van der Waals surface area contributed by atoms with Crippen molar-refractivity contribution < 1.29 is 5.11 Å². The second-order valence-electron chi connectivity index (χ2n) is 5.39. The zero-order chi connectivity index (χ0) is 14.0. The molecule has 0 aromatic carbocycles. The second-order valence-corrected chi connectivity index (χ2v) is 5.39. The van der Waals surface area contributed by atoms with Crippen molar-refractivity contribution in [3.05, 3.63) is 24.8 Å².